The summed E-state index contributed by atoms with van der Waals surface area (Å²) < 4.78 is 10.9. The van der Waals surface area contributed by atoms with Gasteiger partial charge < -0.3 is 14.5 Å². The van der Waals surface area contributed by atoms with Crippen LogP contribution in [0.25, 0.3) is 11.5 Å². The summed E-state index contributed by atoms with van der Waals surface area (Å²) in [4.78, 5) is 12.4. The zero-order chi connectivity index (χ0) is 20.8. The van der Waals surface area contributed by atoms with E-state index in [9.17, 15) is 4.79 Å². The third-order valence-corrected chi connectivity index (χ3v) is 5.33. The number of aromatic nitrogens is 2. The molecule has 152 valence electrons. The molecular weight excluding hydrogens is 386 g/mol. The molecule has 0 aliphatic rings. The topological polar surface area (TPSA) is 77.2 Å². The Labute approximate surface area is 175 Å². The molecule has 7 heteroatoms. The molecule has 0 aliphatic carbocycles. The molecular formula is C22H25N3O3S. The zero-order valence-electron chi connectivity index (χ0n) is 17.1. The summed E-state index contributed by atoms with van der Waals surface area (Å²) in [7, 11) is 1.64. The molecule has 1 N–H and O–H groups in total. The van der Waals surface area contributed by atoms with Crippen molar-refractivity contribution in [3.63, 3.8) is 0 Å². The molecule has 29 heavy (non-hydrogen) atoms. The molecule has 1 aromatic heterocycles. The number of thioether (sulfide) groups is 1. The first-order valence-corrected chi connectivity index (χ1v) is 10.3. The molecule has 0 aliphatic heterocycles. The van der Waals surface area contributed by atoms with Crippen LogP contribution in [0.2, 0.25) is 0 Å². The average Bonchev–Trinajstić information content (AvgIpc) is 3.16. The highest BCUT2D eigenvalue weighted by Crippen LogP contribution is 2.27. The monoisotopic (exact) mass is 411 g/mol. The number of aryl methyl sites for hydroxylation is 2. The van der Waals surface area contributed by atoms with Gasteiger partial charge in [0.25, 0.3) is 5.22 Å². The van der Waals surface area contributed by atoms with Crippen LogP contribution in [-0.4, -0.2) is 35.0 Å². The largest absolute Gasteiger partial charge is 0.497 e. The number of rotatable bonds is 8. The molecule has 3 aromatic rings. The van der Waals surface area contributed by atoms with E-state index in [0.29, 0.717) is 17.7 Å². The Hall–Kier alpha value is -2.80. The minimum Gasteiger partial charge on any atom is -0.497 e. The van der Waals surface area contributed by atoms with E-state index in [1.54, 1.807) is 7.11 Å². The van der Waals surface area contributed by atoms with Crippen molar-refractivity contribution in [1.29, 1.82) is 0 Å². The molecule has 1 atom stereocenters. The smallest absolute Gasteiger partial charge is 0.277 e. The summed E-state index contributed by atoms with van der Waals surface area (Å²) in [6, 6.07) is 13.9. The van der Waals surface area contributed by atoms with Gasteiger partial charge in [-0.2, -0.15) is 0 Å². The lowest BCUT2D eigenvalue weighted by Gasteiger charge is -2.10. The van der Waals surface area contributed by atoms with Gasteiger partial charge in [0.1, 0.15) is 5.75 Å². The number of nitrogens with zero attached hydrogens (tertiary/aromatic N) is 2. The summed E-state index contributed by atoms with van der Waals surface area (Å²) in [6.45, 7) is 6.45. The fourth-order valence-electron chi connectivity index (χ4n) is 2.94. The SMILES string of the molecule is COc1ccc(CCNC(=O)[C@H](C)Sc2nnc(-c3cc(C)cc(C)c3)o2)cc1. The molecule has 0 saturated carbocycles. The minimum absolute atomic E-state index is 0.0605. The van der Waals surface area contributed by atoms with Gasteiger partial charge in [-0.15, -0.1) is 10.2 Å². The van der Waals surface area contributed by atoms with Crippen LogP contribution in [-0.2, 0) is 11.2 Å². The van der Waals surface area contributed by atoms with Crippen LogP contribution in [0.15, 0.2) is 52.1 Å². The van der Waals surface area contributed by atoms with E-state index in [4.69, 9.17) is 9.15 Å². The standard InChI is InChI=1S/C22H25N3O3S/c1-14-11-15(2)13-18(12-14)21-24-25-22(28-21)29-16(3)20(26)23-10-9-17-5-7-19(27-4)8-6-17/h5-8,11-13,16H,9-10H2,1-4H3,(H,23,26)/t16-/m0/s1. The lowest BCUT2D eigenvalue weighted by molar-refractivity contribution is -0.120. The molecule has 0 radical (unpaired) electrons. The molecule has 0 unspecified atom stereocenters. The summed E-state index contributed by atoms with van der Waals surface area (Å²) in [5, 5.41) is 11.2. The third-order valence-electron chi connectivity index (χ3n) is 4.39. The van der Waals surface area contributed by atoms with Crippen molar-refractivity contribution in [3.8, 4) is 17.2 Å². The fraction of sp³-hybridized carbons (Fsp3) is 0.318. The van der Waals surface area contributed by atoms with Gasteiger partial charge in [-0.25, -0.2) is 0 Å². The highest BCUT2D eigenvalue weighted by atomic mass is 32.2. The molecule has 3 rings (SSSR count). The molecule has 0 fully saturated rings. The lowest BCUT2D eigenvalue weighted by atomic mass is 10.1. The summed E-state index contributed by atoms with van der Waals surface area (Å²) in [5.74, 6) is 1.23. The quantitative estimate of drug-likeness (QED) is 0.560. The van der Waals surface area contributed by atoms with Crippen LogP contribution in [0.4, 0.5) is 0 Å². The van der Waals surface area contributed by atoms with E-state index in [-0.39, 0.29) is 11.2 Å². The first-order chi connectivity index (χ1) is 13.9. The molecule has 2 aromatic carbocycles. The van der Waals surface area contributed by atoms with E-state index in [1.165, 1.54) is 11.8 Å². The number of amides is 1. The lowest BCUT2D eigenvalue weighted by Crippen LogP contribution is -2.32. The maximum Gasteiger partial charge on any atom is 0.277 e. The Morgan fingerprint density at radius 1 is 1.14 bits per heavy atom. The molecule has 0 bridgehead atoms. The number of ether oxygens (including phenoxy) is 1. The second-order valence-electron chi connectivity index (χ2n) is 6.90. The van der Waals surface area contributed by atoms with Crippen molar-refractivity contribution in [2.75, 3.05) is 13.7 Å². The van der Waals surface area contributed by atoms with Gasteiger partial charge in [0.15, 0.2) is 0 Å². The second kappa shape index (κ2) is 9.60. The first kappa shape index (κ1) is 20.9. The van der Waals surface area contributed by atoms with Crippen LogP contribution in [0.5, 0.6) is 5.75 Å². The molecule has 0 saturated heterocycles. The van der Waals surface area contributed by atoms with Gasteiger partial charge in [-0.05, 0) is 57.0 Å². The third kappa shape index (κ3) is 5.84. The van der Waals surface area contributed by atoms with Gasteiger partial charge in [-0.3, -0.25) is 4.79 Å². The summed E-state index contributed by atoms with van der Waals surface area (Å²) in [5.41, 5.74) is 4.30. The van der Waals surface area contributed by atoms with E-state index in [1.807, 2.05) is 57.2 Å². The van der Waals surface area contributed by atoms with Crippen molar-refractivity contribution in [1.82, 2.24) is 15.5 Å². The van der Waals surface area contributed by atoms with Crippen LogP contribution in [0.3, 0.4) is 0 Å². The van der Waals surface area contributed by atoms with Crippen LogP contribution >= 0.6 is 11.8 Å². The Morgan fingerprint density at radius 2 is 1.83 bits per heavy atom. The second-order valence-corrected chi connectivity index (χ2v) is 8.19. The van der Waals surface area contributed by atoms with Gasteiger partial charge in [0.05, 0.1) is 12.4 Å². The Morgan fingerprint density at radius 3 is 2.48 bits per heavy atom. The predicted molar refractivity (Wildman–Crippen MR) is 114 cm³/mol. The first-order valence-electron chi connectivity index (χ1n) is 9.44. The molecule has 0 spiro atoms. The van der Waals surface area contributed by atoms with E-state index in [0.717, 1.165) is 34.4 Å². The van der Waals surface area contributed by atoms with Crippen LogP contribution in [0, 0.1) is 13.8 Å². The number of benzene rings is 2. The fourth-order valence-corrected chi connectivity index (χ4v) is 3.65. The Balaban J connectivity index is 1.51. The number of methoxy groups -OCH3 is 1. The number of carbonyl (C=O) groups excluding carboxylic acids is 1. The number of hydrogen-bond donors (Lipinski definition) is 1. The van der Waals surface area contributed by atoms with E-state index >= 15 is 0 Å². The highest BCUT2D eigenvalue weighted by Gasteiger charge is 2.18. The highest BCUT2D eigenvalue weighted by molar-refractivity contribution is 8.00. The van der Waals surface area contributed by atoms with Crippen molar-refractivity contribution in [2.24, 2.45) is 0 Å². The van der Waals surface area contributed by atoms with Gasteiger partial charge >= 0.3 is 0 Å². The number of hydrogen-bond acceptors (Lipinski definition) is 6. The van der Waals surface area contributed by atoms with Gasteiger partial charge in [-0.1, -0.05) is 41.1 Å². The normalized spacial score (nSPS) is 11.9. The molecule has 1 amide bonds. The van der Waals surface area contributed by atoms with Crippen LogP contribution in [0.1, 0.15) is 23.6 Å². The van der Waals surface area contributed by atoms with Gasteiger partial charge in [0, 0.05) is 12.1 Å². The van der Waals surface area contributed by atoms with Crippen molar-refractivity contribution >= 4 is 17.7 Å². The minimum atomic E-state index is -0.335. The Kier molecular flexibility index (Phi) is 6.93. The molecule has 1 heterocycles. The summed E-state index contributed by atoms with van der Waals surface area (Å²) >= 11 is 1.26. The van der Waals surface area contributed by atoms with E-state index < -0.39 is 0 Å². The maximum atomic E-state index is 12.4. The average molecular weight is 412 g/mol. The predicted octanol–water partition coefficient (Wildman–Crippen LogP) is 4.20. The summed E-state index contributed by atoms with van der Waals surface area (Å²) in [6.07, 6.45) is 0.754. The van der Waals surface area contributed by atoms with Gasteiger partial charge in [0.2, 0.25) is 11.8 Å². The zero-order valence-corrected chi connectivity index (χ0v) is 17.9. The number of carbonyl (C=O) groups is 1. The number of nitrogens with one attached hydrogen (secondary N) is 1. The van der Waals surface area contributed by atoms with Crippen LogP contribution < -0.4 is 10.1 Å². The maximum absolute atomic E-state index is 12.4. The van der Waals surface area contributed by atoms with Crippen molar-refractivity contribution < 1.29 is 13.9 Å². The van der Waals surface area contributed by atoms with E-state index in [2.05, 4.69) is 21.6 Å². The van der Waals surface area contributed by atoms with Crippen molar-refractivity contribution in [2.45, 2.75) is 37.7 Å². The Bertz CT molecular complexity index is 949. The molecule has 6 nitrogen and oxygen atoms in total. The van der Waals surface area contributed by atoms with Crippen molar-refractivity contribution in [3.05, 3.63) is 59.2 Å².